The molecule has 0 saturated heterocycles. The minimum Gasteiger partial charge on any atom is -0.330 e. The Balaban J connectivity index is 2.07. The van der Waals surface area contributed by atoms with Crippen molar-refractivity contribution in [3.63, 3.8) is 0 Å². The number of nitrogens with two attached hydrogens (primary N) is 1. The van der Waals surface area contributed by atoms with Crippen LogP contribution in [0.25, 0.3) is 0 Å². The van der Waals surface area contributed by atoms with Gasteiger partial charge in [-0.15, -0.1) is 11.8 Å². The van der Waals surface area contributed by atoms with Gasteiger partial charge < -0.3 is 5.73 Å². The largest absolute Gasteiger partial charge is 0.330 e. The molecule has 2 N–H and O–H groups in total. The standard InChI is InChI=1S/C18H29NS/c1-4-5-15-7-8-16(12-19)18(11-15)20-17-9-6-13(2)10-14(17)3/h6,9-10,15-16,18H,4-5,7-8,11-12,19H2,1-3H3. The van der Waals surface area contributed by atoms with Crippen molar-refractivity contribution in [1.82, 2.24) is 0 Å². The van der Waals surface area contributed by atoms with E-state index in [1.54, 1.807) is 0 Å². The summed E-state index contributed by atoms with van der Waals surface area (Å²) < 4.78 is 0. The molecule has 1 aliphatic carbocycles. The molecule has 0 aliphatic heterocycles. The summed E-state index contributed by atoms with van der Waals surface area (Å²) in [6.07, 6.45) is 6.78. The average molecular weight is 292 g/mol. The average Bonchev–Trinajstić information content (AvgIpc) is 2.43. The third-order valence-corrected chi connectivity index (χ3v) is 6.24. The van der Waals surface area contributed by atoms with Crippen molar-refractivity contribution in [3.05, 3.63) is 29.3 Å². The number of benzene rings is 1. The summed E-state index contributed by atoms with van der Waals surface area (Å²) in [6, 6.07) is 6.83. The third kappa shape index (κ3) is 4.02. The molecule has 1 aromatic rings. The Kier molecular flexibility index (Phi) is 5.98. The number of aryl methyl sites for hydroxylation is 2. The van der Waals surface area contributed by atoms with Gasteiger partial charge in [0.1, 0.15) is 0 Å². The first kappa shape index (κ1) is 15.9. The van der Waals surface area contributed by atoms with Gasteiger partial charge in [0.15, 0.2) is 0 Å². The molecule has 2 rings (SSSR count). The Morgan fingerprint density at radius 2 is 2.05 bits per heavy atom. The molecule has 1 nitrogen and oxygen atoms in total. The molecule has 0 amide bonds. The molecule has 0 heterocycles. The lowest BCUT2D eigenvalue weighted by Crippen LogP contribution is -2.32. The SMILES string of the molecule is CCCC1CCC(CN)C(Sc2ccc(C)cc2C)C1. The Bertz CT molecular complexity index is 429. The van der Waals surface area contributed by atoms with Crippen LogP contribution in [0.15, 0.2) is 23.1 Å². The Morgan fingerprint density at radius 1 is 1.25 bits per heavy atom. The maximum atomic E-state index is 6.02. The molecule has 3 unspecified atom stereocenters. The van der Waals surface area contributed by atoms with Crippen LogP contribution in [-0.2, 0) is 0 Å². The fourth-order valence-electron chi connectivity index (χ4n) is 3.45. The Hall–Kier alpha value is -0.470. The maximum absolute atomic E-state index is 6.02. The molecule has 112 valence electrons. The van der Waals surface area contributed by atoms with Crippen molar-refractivity contribution < 1.29 is 0 Å². The van der Waals surface area contributed by atoms with E-state index in [1.807, 2.05) is 0 Å². The number of hydrogen-bond acceptors (Lipinski definition) is 2. The summed E-state index contributed by atoms with van der Waals surface area (Å²) in [5.74, 6) is 1.62. The summed E-state index contributed by atoms with van der Waals surface area (Å²) >= 11 is 2.08. The summed E-state index contributed by atoms with van der Waals surface area (Å²) in [4.78, 5) is 1.45. The number of rotatable bonds is 5. The van der Waals surface area contributed by atoms with Gasteiger partial charge in [0.2, 0.25) is 0 Å². The predicted molar refractivity (Wildman–Crippen MR) is 90.4 cm³/mol. The zero-order chi connectivity index (χ0) is 14.5. The van der Waals surface area contributed by atoms with E-state index in [1.165, 1.54) is 48.1 Å². The monoisotopic (exact) mass is 291 g/mol. The number of thioether (sulfide) groups is 1. The van der Waals surface area contributed by atoms with E-state index in [2.05, 4.69) is 50.7 Å². The van der Waals surface area contributed by atoms with E-state index in [0.717, 1.165) is 12.5 Å². The highest BCUT2D eigenvalue weighted by Gasteiger charge is 2.30. The molecule has 0 bridgehead atoms. The van der Waals surface area contributed by atoms with E-state index < -0.39 is 0 Å². The van der Waals surface area contributed by atoms with E-state index >= 15 is 0 Å². The second-order valence-corrected chi connectivity index (χ2v) is 7.67. The van der Waals surface area contributed by atoms with Crippen LogP contribution in [-0.4, -0.2) is 11.8 Å². The quantitative estimate of drug-likeness (QED) is 0.831. The highest BCUT2D eigenvalue weighted by Crippen LogP contribution is 2.41. The van der Waals surface area contributed by atoms with Crippen LogP contribution in [0, 0.1) is 25.7 Å². The fraction of sp³-hybridized carbons (Fsp3) is 0.667. The highest BCUT2D eigenvalue weighted by molar-refractivity contribution is 8.00. The molecule has 0 aromatic heterocycles. The molecule has 0 spiro atoms. The summed E-state index contributed by atoms with van der Waals surface area (Å²) in [7, 11) is 0. The van der Waals surface area contributed by atoms with Crippen molar-refractivity contribution in [1.29, 1.82) is 0 Å². The first-order chi connectivity index (χ1) is 9.63. The van der Waals surface area contributed by atoms with E-state index in [9.17, 15) is 0 Å². The van der Waals surface area contributed by atoms with Crippen LogP contribution < -0.4 is 5.73 Å². The van der Waals surface area contributed by atoms with E-state index in [0.29, 0.717) is 11.2 Å². The van der Waals surface area contributed by atoms with Crippen molar-refractivity contribution in [2.45, 2.75) is 63.0 Å². The van der Waals surface area contributed by atoms with Crippen LogP contribution in [0.2, 0.25) is 0 Å². The molecule has 20 heavy (non-hydrogen) atoms. The summed E-state index contributed by atoms with van der Waals surface area (Å²) in [5.41, 5.74) is 8.79. The van der Waals surface area contributed by atoms with Crippen LogP contribution in [0.4, 0.5) is 0 Å². The van der Waals surface area contributed by atoms with Gasteiger partial charge in [-0.3, -0.25) is 0 Å². The smallest absolute Gasteiger partial charge is 0.0137 e. The van der Waals surface area contributed by atoms with Crippen molar-refractivity contribution in [3.8, 4) is 0 Å². The van der Waals surface area contributed by atoms with Gasteiger partial charge in [0, 0.05) is 10.1 Å². The van der Waals surface area contributed by atoms with Gasteiger partial charge >= 0.3 is 0 Å². The highest BCUT2D eigenvalue weighted by atomic mass is 32.2. The maximum Gasteiger partial charge on any atom is 0.0137 e. The van der Waals surface area contributed by atoms with Gasteiger partial charge in [0.05, 0.1) is 0 Å². The van der Waals surface area contributed by atoms with Crippen LogP contribution in [0.1, 0.15) is 50.2 Å². The molecule has 3 atom stereocenters. The fourth-order valence-corrected chi connectivity index (χ4v) is 4.98. The van der Waals surface area contributed by atoms with Crippen LogP contribution >= 0.6 is 11.8 Å². The molecular weight excluding hydrogens is 262 g/mol. The first-order valence-electron chi connectivity index (χ1n) is 8.08. The van der Waals surface area contributed by atoms with Gasteiger partial charge in [0.25, 0.3) is 0 Å². The van der Waals surface area contributed by atoms with Gasteiger partial charge in [-0.1, -0.05) is 43.9 Å². The lowest BCUT2D eigenvalue weighted by Gasteiger charge is -2.35. The first-order valence-corrected chi connectivity index (χ1v) is 8.96. The topological polar surface area (TPSA) is 26.0 Å². The van der Waals surface area contributed by atoms with Crippen LogP contribution in [0.3, 0.4) is 0 Å². The van der Waals surface area contributed by atoms with Crippen LogP contribution in [0.5, 0.6) is 0 Å². The van der Waals surface area contributed by atoms with E-state index in [-0.39, 0.29) is 0 Å². The predicted octanol–water partition coefficient (Wildman–Crippen LogP) is 4.94. The van der Waals surface area contributed by atoms with Gasteiger partial charge in [-0.2, -0.15) is 0 Å². The van der Waals surface area contributed by atoms with Crippen molar-refractivity contribution in [2.75, 3.05) is 6.54 Å². The second-order valence-electron chi connectivity index (χ2n) is 6.39. The third-order valence-electron chi connectivity index (χ3n) is 4.65. The van der Waals surface area contributed by atoms with Crippen molar-refractivity contribution >= 4 is 11.8 Å². The lowest BCUT2D eigenvalue weighted by atomic mass is 9.80. The zero-order valence-corrected chi connectivity index (χ0v) is 14.0. The molecule has 1 aliphatic rings. The molecule has 1 aromatic carbocycles. The summed E-state index contributed by atoms with van der Waals surface area (Å²) in [5, 5.41) is 0.715. The molecule has 0 radical (unpaired) electrons. The lowest BCUT2D eigenvalue weighted by molar-refractivity contribution is 0.276. The normalized spacial score (nSPS) is 26.7. The minimum absolute atomic E-state index is 0.703. The zero-order valence-electron chi connectivity index (χ0n) is 13.2. The molecule has 2 heteroatoms. The second kappa shape index (κ2) is 7.51. The summed E-state index contributed by atoms with van der Waals surface area (Å²) in [6.45, 7) is 7.56. The van der Waals surface area contributed by atoms with Crippen molar-refractivity contribution in [2.24, 2.45) is 17.6 Å². The van der Waals surface area contributed by atoms with E-state index in [4.69, 9.17) is 5.73 Å². The minimum atomic E-state index is 0.703. The van der Waals surface area contributed by atoms with Gasteiger partial charge in [-0.25, -0.2) is 0 Å². The Morgan fingerprint density at radius 3 is 2.70 bits per heavy atom. The van der Waals surface area contributed by atoms with Gasteiger partial charge in [-0.05, 0) is 56.7 Å². The Labute approximate surface area is 128 Å². The molecule has 1 saturated carbocycles. The molecule has 1 fully saturated rings. The number of hydrogen-bond donors (Lipinski definition) is 1. The molecular formula is C18H29NS.